The summed E-state index contributed by atoms with van der Waals surface area (Å²) in [6, 6.07) is 2.51. The summed E-state index contributed by atoms with van der Waals surface area (Å²) in [7, 11) is 2.11. The van der Waals surface area contributed by atoms with Crippen molar-refractivity contribution in [3.8, 4) is 0 Å². The maximum Gasteiger partial charge on any atom is 0.134 e. The normalized spacial score (nSPS) is 12.6. The first-order chi connectivity index (χ1) is 8.99. The van der Waals surface area contributed by atoms with Crippen molar-refractivity contribution >= 4 is 11.6 Å². The highest BCUT2D eigenvalue weighted by Crippen LogP contribution is 2.20. The Balaban J connectivity index is 2.98. The molecule has 4 heteroatoms. The van der Waals surface area contributed by atoms with E-state index in [2.05, 4.69) is 61.9 Å². The average molecular weight is 264 g/mol. The lowest BCUT2D eigenvalue weighted by molar-refractivity contribution is 0.502. The van der Waals surface area contributed by atoms with Crippen LogP contribution in [0.3, 0.4) is 0 Å². The third kappa shape index (κ3) is 4.37. The largest absolute Gasteiger partial charge is 0.370 e. The number of rotatable bonds is 7. The molecule has 0 saturated heterocycles. The third-order valence-corrected chi connectivity index (χ3v) is 3.57. The Morgan fingerprint density at radius 1 is 1.21 bits per heavy atom. The zero-order valence-electron chi connectivity index (χ0n) is 13.2. The number of hydrogen-bond acceptors (Lipinski definition) is 4. The van der Waals surface area contributed by atoms with Crippen molar-refractivity contribution in [1.29, 1.82) is 0 Å². The molecule has 0 bridgehead atoms. The van der Waals surface area contributed by atoms with E-state index in [0.29, 0.717) is 12.0 Å². The van der Waals surface area contributed by atoms with E-state index < -0.39 is 0 Å². The van der Waals surface area contributed by atoms with E-state index in [-0.39, 0.29) is 0 Å². The topological polar surface area (TPSA) is 41.0 Å². The molecule has 1 rings (SSSR count). The van der Waals surface area contributed by atoms with Crippen LogP contribution in [-0.2, 0) is 6.42 Å². The molecule has 0 fully saturated rings. The van der Waals surface area contributed by atoms with Crippen LogP contribution in [-0.4, -0.2) is 29.6 Å². The Morgan fingerprint density at radius 3 is 2.42 bits per heavy atom. The average Bonchev–Trinajstić information content (AvgIpc) is 2.42. The fraction of sp³-hybridized carbons (Fsp3) is 0.733. The summed E-state index contributed by atoms with van der Waals surface area (Å²) in [6.07, 6.45) is 1.96. The molecule has 4 nitrogen and oxygen atoms in total. The molecule has 0 aliphatic heterocycles. The van der Waals surface area contributed by atoms with Gasteiger partial charge in [-0.2, -0.15) is 0 Å². The van der Waals surface area contributed by atoms with E-state index in [1.165, 1.54) is 0 Å². The minimum atomic E-state index is 0.457. The molecule has 1 atom stereocenters. The van der Waals surface area contributed by atoms with Crippen LogP contribution in [0.25, 0.3) is 0 Å². The molecule has 0 saturated carbocycles. The first kappa shape index (κ1) is 15.7. The second-order valence-electron chi connectivity index (χ2n) is 5.40. The van der Waals surface area contributed by atoms with Gasteiger partial charge in [0, 0.05) is 32.1 Å². The van der Waals surface area contributed by atoms with Gasteiger partial charge in [-0.1, -0.05) is 27.7 Å². The zero-order valence-corrected chi connectivity index (χ0v) is 13.2. The number of aryl methyl sites for hydroxylation is 1. The summed E-state index contributed by atoms with van der Waals surface area (Å²) in [5, 5.41) is 3.35. The second kappa shape index (κ2) is 7.31. The maximum atomic E-state index is 4.64. The predicted octanol–water partition coefficient (Wildman–Crippen LogP) is 3.34. The molecule has 0 spiro atoms. The zero-order chi connectivity index (χ0) is 14.4. The lowest BCUT2D eigenvalue weighted by Crippen LogP contribution is -2.34. The Kier molecular flexibility index (Phi) is 6.06. The summed E-state index contributed by atoms with van der Waals surface area (Å²) < 4.78 is 0. The SMILES string of the molecule is CCCNc1cc(N(C)C(C)C(C)C)nc(CC)n1. The molecular formula is C15H28N4. The van der Waals surface area contributed by atoms with Crippen molar-refractivity contribution in [2.45, 2.75) is 53.5 Å². The van der Waals surface area contributed by atoms with Gasteiger partial charge in [-0.25, -0.2) is 9.97 Å². The highest BCUT2D eigenvalue weighted by atomic mass is 15.2. The molecule has 1 heterocycles. The monoisotopic (exact) mass is 264 g/mol. The van der Waals surface area contributed by atoms with E-state index in [0.717, 1.165) is 36.8 Å². The maximum absolute atomic E-state index is 4.64. The van der Waals surface area contributed by atoms with Crippen molar-refractivity contribution in [3.63, 3.8) is 0 Å². The fourth-order valence-corrected chi connectivity index (χ4v) is 1.82. The van der Waals surface area contributed by atoms with Crippen molar-refractivity contribution in [3.05, 3.63) is 11.9 Å². The molecule has 0 aliphatic rings. The van der Waals surface area contributed by atoms with Crippen molar-refractivity contribution in [2.75, 3.05) is 23.8 Å². The summed E-state index contributed by atoms with van der Waals surface area (Å²) in [5.41, 5.74) is 0. The Hall–Kier alpha value is -1.32. The molecule has 0 amide bonds. The van der Waals surface area contributed by atoms with Crippen molar-refractivity contribution in [1.82, 2.24) is 9.97 Å². The van der Waals surface area contributed by atoms with Crippen LogP contribution in [0, 0.1) is 5.92 Å². The van der Waals surface area contributed by atoms with Gasteiger partial charge in [0.2, 0.25) is 0 Å². The predicted molar refractivity (Wildman–Crippen MR) is 82.9 cm³/mol. The molecule has 1 aromatic rings. The molecule has 1 unspecified atom stereocenters. The molecule has 0 radical (unpaired) electrons. The molecule has 0 aliphatic carbocycles. The molecule has 1 aromatic heterocycles. The first-order valence-electron chi connectivity index (χ1n) is 7.34. The number of hydrogen-bond donors (Lipinski definition) is 1. The highest BCUT2D eigenvalue weighted by molar-refractivity contribution is 5.49. The molecule has 108 valence electrons. The lowest BCUT2D eigenvalue weighted by Gasteiger charge is -2.29. The minimum Gasteiger partial charge on any atom is -0.370 e. The fourth-order valence-electron chi connectivity index (χ4n) is 1.82. The van der Waals surface area contributed by atoms with Gasteiger partial charge in [0.05, 0.1) is 0 Å². The van der Waals surface area contributed by atoms with Gasteiger partial charge in [-0.3, -0.25) is 0 Å². The van der Waals surface area contributed by atoms with Crippen LogP contribution in [0.5, 0.6) is 0 Å². The van der Waals surface area contributed by atoms with Gasteiger partial charge >= 0.3 is 0 Å². The van der Waals surface area contributed by atoms with Gasteiger partial charge in [0.1, 0.15) is 17.5 Å². The van der Waals surface area contributed by atoms with E-state index in [4.69, 9.17) is 0 Å². The summed E-state index contributed by atoms with van der Waals surface area (Å²) >= 11 is 0. The minimum absolute atomic E-state index is 0.457. The van der Waals surface area contributed by atoms with Crippen LogP contribution >= 0.6 is 0 Å². The summed E-state index contributed by atoms with van der Waals surface area (Å²) in [5.74, 6) is 3.44. The number of nitrogens with one attached hydrogen (secondary N) is 1. The quantitative estimate of drug-likeness (QED) is 0.820. The highest BCUT2D eigenvalue weighted by Gasteiger charge is 2.16. The number of anilines is 2. The van der Waals surface area contributed by atoms with E-state index in [9.17, 15) is 0 Å². The van der Waals surface area contributed by atoms with E-state index >= 15 is 0 Å². The Bertz CT molecular complexity index is 390. The first-order valence-corrected chi connectivity index (χ1v) is 7.34. The number of aromatic nitrogens is 2. The lowest BCUT2D eigenvalue weighted by atomic mass is 10.1. The molecule has 19 heavy (non-hydrogen) atoms. The standard InChI is InChI=1S/C15H28N4/c1-7-9-16-14-10-15(18-13(8-2)17-14)19(6)12(5)11(3)4/h10-12H,7-9H2,1-6H3,(H,16,17,18). The van der Waals surface area contributed by atoms with Crippen LogP contribution in [0.4, 0.5) is 11.6 Å². The van der Waals surface area contributed by atoms with E-state index in [1.54, 1.807) is 0 Å². The Morgan fingerprint density at radius 2 is 1.89 bits per heavy atom. The molecular weight excluding hydrogens is 236 g/mol. The second-order valence-corrected chi connectivity index (χ2v) is 5.40. The summed E-state index contributed by atoms with van der Waals surface area (Å²) in [4.78, 5) is 11.4. The van der Waals surface area contributed by atoms with Gasteiger partial charge in [0.25, 0.3) is 0 Å². The van der Waals surface area contributed by atoms with Gasteiger partial charge in [-0.15, -0.1) is 0 Å². The van der Waals surface area contributed by atoms with Crippen molar-refractivity contribution < 1.29 is 0 Å². The summed E-state index contributed by atoms with van der Waals surface area (Å²) in [6.45, 7) is 11.9. The van der Waals surface area contributed by atoms with Crippen LogP contribution in [0.1, 0.15) is 46.9 Å². The van der Waals surface area contributed by atoms with Crippen molar-refractivity contribution in [2.24, 2.45) is 5.92 Å². The van der Waals surface area contributed by atoms with Crippen LogP contribution < -0.4 is 10.2 Å². The van der Waals surface area contributed by atoms with Crippen LogP contribution in [0.15, 0.2) is 6.07 Å². The molecule has 1 N–H and O–H groups in total. The van der Waals surface area contributed by atoms with Crippen LogP contribution in [0.2, 0.25) is 0 Å². The smallest absolute Gasteiger partial charge is 0.134 e. The Labute approximate surface area is 117 Å². The third-order valence-electron chi connectivity index (χ3n) is 3.57. The van der Waals surface area contributed by atoms with Gasteiger partial charge in [0.15, 0.2) is 0 Å². The molecule has 0 aromatic carbocycles. The van der Waals surface area contributed by atoms with E-state index in [1.807, 2.05) is 6.07 Å². The van der Waals surface area contributed by atoms with Gasteiger partial charge in [-0.05, 0) is 19.3 Å². The number of nitrogens with zero attached hydrogens (tertiary/aromatic N) is 3. The van der Waals surface area contributed by atoms with Gasteiger partial charge < -0.3 is 10.2 Å².